The Morgan fingerprint density at radius 3 is 2.73 bits per heavy atom. The van der Waals surface area contributed by atoms with Gasteiger partial charge in [0, 0.05) is 0 Å². The third-order valence-electron chi connectivity index (χ3n) is 3.10. The quantitative estimate of drug-likeness (QED) is 0.362. The van der Waals surface area contributed by atoms with Crippen molar-refractivity contribution in [1.29, 1.82) is 0 Å². The third kappa shape index (κ3) is 2.68. The molecule has 1 fully saturated rings. The molecular formula is C12H14N2O8. The third-order valence-corrected chi connectivity index (χ3v) is 3.10. The molecule has 0 bridgehead atoms. The predicted molar refractivity (Wildman–Crippen MR) is 70.3 cm³/mol. The van der Waals surface area contributed by atoms with E-state index in [-0.39, 0.29) is 12.5 Å². The van der Waals surface area contributed by atoms with Crippen molar-refractivity contribution < 1.29 is 29.6 Å². The SMILES string of the molecule is CCOc1cc(=O)[nH]c(=O)n1[C@@H]1O[C@H](C(O)=C=O)[C@@H](O)[C@H]1O. The molecule has 4 N–H and O–H groups in total. The molecule has 1 saturated heterocycles. The number of hydrogen-bond donors (Lipinski definition) is 4. The second-order valence-corrected chi connectivity index (χ2v) is 4.50. The van der Waals surface area contributed by atoms with Crippen LogP contribution in [0.2, 0.25) is 0 Å². The van der Waals surface area contributed by atoms with Crippen LogP contribution in [-0.4, -0.2) is 55.7 Å². The fraction of sp³-hybridized carbons (Fsp3) is 0.500. The van der Waals surface area contributed by atoms with E-state index in [2.05, 4.69) is 0 Å². The maximum absolute atomic E-state index is 11.9. The number of aliphatic hydroxyl groups is 3. The number of aromatic amines is 1. The molecule has 0 amide bonds. The molecule has 1 aromatic rings. The summed E-state index contributed by atoms with van der Waals surface area (Å²) in [4.78, 5) is 35.7. The molecular weight excluding hydrogens is 300 g/mol. The van der Waals surface area contributed by atoms with E-state index < -0.39 is 41.5 Å². The zero-order chi connectivity index (χ0) is 16.4. The standard InChI is InChI=1S/C12H14N2O8/c1-2-21-7-3-6(17)13-12(20)14(7)11-9(19)8(18)10(22-11)5(16)4-15/h3,8-11,16,18-19H,2H2,1H3,(H,13,17,20)/t8-,9+,10+,11+/m0/s1. The molecule has 0 aromatic carbocycles. The maximum Gasteiger partial charge on any atom is 0.333 e. The second kappa shape index (κ2) is 6.16. The Kier molecular flexibility index (Phi) is 4.48. The van der Waals surface area contributed by atoms with Gasteiger partial charge < -0.3 is 24.8 Å². The molecule has 0 saturated carbocycles. The summed E-state index contributed by atoms with van der Waals surface area (Å²) in [6, 6.07) is 0.968. The van der Waals surface area contributed by atoms with Crippen LogP contribution in [0.1, 0.15) is 13.2 Å². The van der Waals surface area contributed by atoms with Crippen LogP contribution in [0.4, 0.5) is 0 Å². The zero-order valence-corrected chi connectivity index (χ0v) is 11.4. The van der Waals surface area contributed by atoms with Crippen LogP contribution in [0.15, 0.2) is 21.4 Å². The summed E-state index contributed by atoms with van der Waals surface area (Å²) in [5.41, 5.74) is -1.66. The van der Waals surface area contributed by atoms with Crippen molar-refractivity contribution in [3.8, 4) is 5.88 Å². The molecule has 10 heteroatoms. The van der Waals surface area contributed by atoms with Gasteiger partial charge in [0.05, 0.1) is 12.7 Å². The lowest BCUT2D eigenvalue weighted by molar-refractivity contribution is -0.0426. The van der Waals surface area contributed by atoms with Gasteiger partial charge in [-0.15, -0.1) is 0 Å². The molecule has 4 atom stereocenters. The molecule has 0 radical (unpaired) electrons. The number of rotatable bonds is 4. The lowest BCUT2D eigenvalue weighted by atomic mass is 10.1. The number of carbonyl (C=O) groups excluding carboxylic acids is 1. The van der Waals surface area contributed by atoms with E-state index in [0.29, 0.717) is 0 Å². The summed E-state index contributed by atoms with van der Waals surface area (Å²) < 4.78 is 11.1. The number of aromatic nitrogens is 2. The van der Waals surface area contributed by atoms with Crippen LogP contribution < -0.4 is 16.0 Å². The Labute approximate surface area is 122 Å². The van der Waals surface area contributed by atoms with Crippen molar-refractivity contribution in [1.82, 2.24) is 9.55 Å². The molecule has 0 aliphatic carbocycles. The van der Waals surface area contributed by atoms with E-state index in [1.165, 1.54) is 0 Å². The molecule has 10 nitrogen and oxygen atoms in total. The maximum atomic E-state index is 11.9. The fourth-order valence-corrected chi connectivity index (χ4v) is 2.14. The van der Waals surface area contributed by atoms with E-state index in [4.69, 9.17) is 9.47 Å². The van der Waals surface area contributed by atoms with Gasteiger partial charge in [-0.2, -0.15) is 0 Å². The van der Waals surface area contributed by atoms with Gasteiger partial charge in [-0.25, -0.2) is 14.2 Å². The minimum absolute atomic E-state index is 0.122. The van der Waals surface area contributed by atoms with Crippen molar-refractivity contribution in [2.75, 3.05) is 6.61 Å². The average molecular weight is 314 g/mol. The van der Waals surface area contributed by atoms with E-state index in [9.17, 15) is 29.7 Å². The van der Waals surface area contributed by atoms with Gasteiger partial charge in [-0.3, -0.25) is 9.78 Å². The van der Waals surface area contributed by atoms with Crippen LogP contribution in [0, 0.1) is 0 Å². The Hall–Kier alpha value is -2.39. The Bertz CT molecular complexity index is 717. The molecule has 2 heterocycles. The summed E-state index contributed by atoms with van der Waals surface area (Å²) in [6.07, 6.45) is -6.34. The highest BCUT2D eigenvalue weighted by Crippen LogP contribution is 2.32. The van der Waals surface area contributed by atoms with E-state index in [1.54, 1.807) is 6.92 Å². The van der Waals surface area contributed by atoms with Crippen molar-refractivity contribution in [3.63, 3.8) is 0 Å². The van der Waals surface area contributed by atoms with Gasteiger partial charge in [-0.05, 0) is 6.92 Å². The highest BCUT2D eigenvalue weighted by molar-refractivity contribution is 5.51. The molecule has 1 aliphatic heterocycles. The van der Waals surface area contributed by atoms with E-state index >= 15 is 0 Å². The summed E-state index contributed by atoms with van der Waals surface area (Å²) in [7, 11) is 0. The second-order valence-electron chi connectivity index (χ2n) is 4.50. The van der Waals surface area contributed by atoms with Crippen LogP contribution in [0.25, 0.3) is 0 Å². The lowest BCUT2D eigenvalue weighted by Crippen LogP contribution is -2.38. The molecule has 0 spiro atoms. The van der Waals surface area contributed by atoms with E-state index in [0.717, 1.165) is 16.6 Å². The van der Waals surface area contributed by atoms with Crippen molar-refractivity contribution in [2.45, 2.75) is 31.5 Å². The average Bonchev–Trinajstić information content (AvgIpc) is 2.75. The molecule has 1 aromatic heterocycles. The zero-order valence-electron chi connectivity index (χ0n) is 11.4. The first-order chi connectivity index (χ1) is 10.4. The molecule has 2 rings (SSSR count). The molecule has 0 unspecified atom stereocenters. The topological polar surface area (TPSA) is 151 Å². The number of nitrogens with one attached hydrogen (secondary N) is 1. The molecule has 120 valence electrons. The highest BCUT2D eigenvalue weighted by atomic mass is 16.6. The van der Waals surface area contributed by atoms with Crippen LogP contribution in [0.5, 0.6) is 5.88 Å². The number of H-pyrrole nitrogens is 1. The first-order valence-corrected chi connectivity index (χ1v) is 6.35. The van der Waals surface area contributed by atoms with Gasteiger partial charge in [0.1, 0.15) is 12.2 Å². The first kappa shape index (κ1) is 16.0. The smallest absolute Gasteiger partial charge is 0.333 e. The van der Waals surface area contributed by atoms with Gasteiger partial charge in [-0.1, -0.05) is 0 Å². The summed E-state index contributed by atoms with van der Waals surface area (Å²) >= 11 is 0. The Balaban J connectivity index is 2.50. The minimum Gasteiger partial charge on any atom is -0.500 e. The first-order valence-electron chi connectivity index (χ1n) is 6.35. The van der Waals surface area contributed by atoms with Gasteiger partial charge in [0.15, 0.2) is 18.3 Å². The van der Waals surface area contributed by atoms with Gasteiger partial charge >= 0.3 is 5.69 Å². The largest absolute Gasteiger partial charge is 0.500 e. The molecule has 22 heavy (non-hydrogen) atoms. The number of ether oxygens (including phenoxy) is 2. The van der Waals surface area contributed by atoms with Crippen LogP contribution in [0.3, 0.4) is 0 Å². The van der Waals surface area contributed by atoms with Crippen molar-refractivity contribution >= 4 is 5.94 Å². The summed E-state index contributed by atoms with van der Waals surface area (Å²) in [5.74, 6) is -0.00309. The predicted octanol–water partition coefficient (Wildman–Crippen LogP) is -2.17. The number of hydrogen-bond acceptors (Lipinski definition) is 8. The van der Waals surface area contributed by atoms with Gasteiger partial charge in [0.2, 0.25) is 11.6 Å². The van der Waals surface area contributed by atoms with Crippen LogP contribution in [-0.2, 0) is 9.53 Å². The van der Waals surface area contributed by atoms with Crippen LogP contribution >= 0.6 is 0 Å². The molecule has 1 aliphatic rings. The summed E-state index contributed by atoms with van der Waals surface area (Å²) in [5, 5.41) is 29.1. The Morgan fingerprint density at radius 1 is 1.45 bits per heavy atom. The lowest BCUT2D eigenvalue weighted by Gasteiger charge is -2.20. The number of aliphatic hydroxyl groups excluding tert-OH is 3. The fourth-order valence-electron chi connectivity index (χ4n) is 2.14. The minimum atomic E-state index is -1.67. The normalized spacial score (nSPS) is 27.4. The number of nitrogens with zero attached hydrogens (tertiary/aromatic N) is 1. The highest BCUT2D eigenvalue weighted by Gasteiger charge is 2.47. The summed E-state index contributed by atoms with van der Waals surface area (Å²) in [6.45, 7) is 1.73. The van der Waals surface area contributed by atoms with E-state index in [1.807, 2.05) is 4.98 Å². The van der Waals surface area contributed by atoms with Crippen molar-refractivity contribution in [3.05, 3.63) is 32.7 Å². The monoisotopic (exact) mass is 314 g/mol. The van der Waals surface area contributed by atoms with Gasteiger partial charge in [0.25, 0.3) is 5.56 Å². The Morgan fingerprint density at radius 2 is 2.14 bits per heavy atom. The van der Waals surface area contributed by atoms with Crippen molar-refractivity contribution in [2.24, 2.45) is 0 Å².